The second-order valence-electron chi connectivity index (χ2n) is 6.20. The minimum Gasteiger partial charge on any atom is -0.480 e. The van der Waals surface area contributed by atoms with Gasteiger partial charge in [-0.05, 0) is 17.7 Å². The van der Waals surface area contributed by atoms with Gasteiger partial charge in [0.2, 0.25) is 0 Å². The lowest BCUT2D eigenvalue weighted by molar-refractivity contribution is -0.138. The fourth-order valence-corrected chi connectivity index (χ4v) is 3.62. The lowest BCUT2D eigenvalue weighted by Crippen LogP contribution is -2.44. The quantitative estimate of drug-likeness (QED) is 0.911. The first-order chi connectivity index (χ1) is 10.6. The molecule has 2 bridgehead atoms. The minimum absolute atomic E-state index is 0.109. The predicted molar refractivity (Wildman–Crippen MR) is 84.0 cm³/mol. The average Bonchev–Trinajstić information content (AvgIpc) is 2.68. The van der Waals surface area contributed by atoms with Crippen molar-refractivity contribution in [2.75, 3.05) is 39.4 Å². The van der Waals surface area contributed by atoms with Gasteiger partial charge in [-0.3, -0.25) is 14.6 Å². The first-order valence-electron chi connectivity index (χ1n) is 7.60. The Morgan fingerprint density at radius 3 is 2.95 bits per heavy atom. The van der Waals surface area contributed by atoms with Crippen molar-refractivity contribution in [3.05, 3.63) is 34.9 Å². The second kappa shape index (κ2) is 6.96. The lowest BCUT2D eigenvalue weighted by Gasteiger charge is -2.30. The molecule has 5 nitrogen and oxygen atoms in total. The number of fused-ring (bicyclic) bond motifs is 3. The molecule has 22 heavy (non-hydrogen) atoms. The summed E-state index contributed by atoms with van der Waals surface area (Å²) in [6.45, 7) is 4.77. The van der Waals surface area contributed by atoms with Crippen molar-refractivity contribution >= 4 is 17.6 Å². The maximum Gasteiger partial charge on any atom is 0.317 e. The number of ether oxygens (including phenoxy) is 1. The molecule has 2 aliphatic heterocycles. The van der Waals surface area contributed by atoms with Crippen molar-refractivity contribution in [2.24, 2.45) is 5.92 Å². The molecule has 2 heterocycles. The van der Waals surface area contributed by atoms with Crippen molar-refractivity contribution in [1.29, 1.82) is 0 Å². The molecule has 6 heteroatoms. The van der Waals surface area contributed by atoms with Crippen molar-refractivity contribution in [3.8, 4) is 0 Å². The van der Waals surface area contributed by atoms with Crippen molar-refractivity contribution < 1.29 is 14.6 Å². The Bertz CT molecular complexity index is 540. The van der Waals surface area contributed by atoms with Crippen LogP contribution in [0.2, 0.25) is 5.02 Å². The van der Waals surface area contributed by atoms with Gasteiger partial charge >= 0.3 is 5.97 Å². The molecule has 2 fully saturated rings. The van der Waals surface area contributed by atoms with Gasteiger partial charge in [-0.25, -0.2) is 0 Å². The molecule has 0 aromatic heterocycles. The van der Waals surface area contributed by atoms with E-state index in [1.807, 2.05) is 23.1 Å². The Hall–Kier alpha value is -1.14. The fourth-order valence-electron chi connectivity index (χ4n) is 3.41. The van der Waals surface area contributed by atoms with Crippen molar-refractivity contribution in [3.63, 3.8) is 0 Å². The van der Waals surface area contributed by atoms with Crippen LogP contribution in [0, 0.1) is 5.92 Å². The van der Waals surface area contributed by atoms with E-state index in [4.69, 9.17) is 21.4 Å². The van der Waals surface area contributed by atoms with Crippen LogP contribution in [0.15, 0.2) is 24.3 Å². The molecule has 2 aliphatic rings. The summed E-state index contributed by atoms with van der Waals surface area (Å²) in [4.78, 5) is 15.5. The number of benzene rings is 1. The van der Waals surface area contributed by atoms with E-state index in [0.717, 1.165) is 31.2 Å². The van der Waals surface area contributed by atoms with Crippen LogP contribution < -0.4 is 0 Å². The van der Waals surface area contributed by atoms with Crippen LogP contribution in [0.1, 0.15) is 5.56 Å². The van der Waals surface area contributed by atoms with E-state index in [2.05, 4.69) is 11.0 Å². The number of hydrogen-bond donors (Lipinski definition) is 1. The van der Waals surface area contributed by atoms with Gasteiger partial charge < -0.3 is 9.84 Å². The van der Waals surface area contributed by atoms with Gasteiger partial charge in [0, 0.05) is 43.2 Å². The summed E-state index contributed by atoms with van der Waals surface area (Å²) in [5, 5.41) is 9.80. The SMILES string of the molecule is O=C(O)CN1C[C@@H]2COC[C@H](C1)N(Cc1cccc(Cl)c1)C2. The molecular weight excluding hydrogens is 304 g/mol. The first kappa shape index (κ1) is 15.7. The molecule has 1 aromatic carbocycles. The molecule has 0 spiro atoms. The van der Waals surface area contributed by atoms with Gasteiger partial charge in [0.25, 0.3) is 0 Å². The van der Waals surface area contributed by atoms with E-state index in [-0.39, 0.29) is 12.6 Å². The summed E-state index contributed by atoms with van der Waals surface area (Å²) in [7, 11) is 0. The van der Waals surface area contributed by atoms with Crippen LogP contribution in [-0.2, 0) is 16.1 Å². The van der Waals surface area contributed by atoms with Gasteiger partial charge in [0.15, 0.2) is 0 Å². The summed E-state index contributed by atoms with van der Waals surface area (Å²) in [5.74, 6) is -0.409. The van der Waals surface area contributed by atoms with Crippen LogP contribution in [0.5, 0.6) is 0 Å². The number of hydrogen-bond acceptors (Lipinski definition) is 4. The topological polar surface area (TPSA) is 53.0 Å². The van der Waals surface area contributed by atoms with Gasteiger partial charge in [-0.1, -0.05) is 23.7 Å². The number of halogens is 1. The van der Waals surface area contributed by atoms with Crippen LogP contribution >= 0.6 is 11.6 Å². The maximum atomic E-state index is 11.0. The summed E-state index contributed by atoms with van der Waals surface area (Å²) >= 11 is 6.07. The third-order valence-corrected chi connectivity index (χ3v) is 4.53. The molecule has 0 unspecified atom stereocenters. The number of carboxylic acids is 1. The van der Waals surface area contributed by atoms with Crippen LogP contribution in [0.3, 0.4) is 0 Å². The van der Waals surface area contributed by atoms with Crippen LogP contribution in [-0.4, -0.2) is 66.3 Å². The third kappa shape index (κ3) is 3.98. The van der Waals surface area contributed by atoms with Crippen LogP contribution in [0.25, 0.3) is 0 Å². The molecule has 1 aromatic rings. The zero-order chi connectivity index (χ0) is 15.5. The van der Waals surface area contributed by atoms with Crippen molar-refractivity contribution in [2.45, 2.75) is 12.6 Å². The number of carboxylic acid groups (broad SMARTS) is 1. The molecule has 0 radical (unpaired) electrons. The van der Waals surface area contributed by atoms with E-state index in [0.29, 0.717) is 19.1 Å². The second-order valence-corrected chi connectivity index (χ2v) is 6.64. The molecule has 2 atom stereocenters. The molecule has 0 saturated carbocycles. The number of nitrogens with zero attached hydrogens (tertiary/aromatic N) is 2. The number of carbonyl (C=O) groups is 1. The van der Waals surface area contributed by atoms with Gasteiger partial charge in [-0.2, -0.15) is 0 Å². The largest absolute Gasteiger partial charge is 0.480 e. The number of rotatable bonds is 4. The standard InChI is InChI=1S/C16H21ClN2O3/c17-14-3-1-2-12(4-14)6-19-7-13-5-18(9-16(20)21)8-15(19)11-22-10-13/h1-4,13,15H,5-11H2,(H,20,21)/t13-,15-/m0/s1. The summed E-state index contributed by atoms with van der Waals surface area (Å²) in [6, 6.07) is 8.15. The maximum absolute atomic E-state index is 11.0. The Morgan fingerprint density at radius 2 is 2.18 bits per heavy atom. The Morgan fingerprint density at radius 1 is 1.32 bits per heavy atom. The Kier molecular flexibility index (Phi) is 4.98. The molecule has 120 valence electrons. The minimum atomic E-state index is -0.762. The van der Waals surface area contributed by atoms with E-state index in [1.54, 1.807) is 0 Å². The van der Waals surface area contributed by atoms with E-state index < -0.39 is 5.97 Å². The lowest BCUT2D eigenvalue weighted by atomic mass is 10.1. The molecule has 2 saturated heterocycles. The predicted octanol–water partition coefficient (Wildman–Crippen LogP) is 1.56. The zero-order valence-electron chi connectivity index (χ0n) is 12.4. The molecule has 0 aliphatic carbocycles. The van der Waals surface area contributed by atoms with E-state index in [1.165, 1.54) is 5.56 Å². The smallest absolute Gasteiger partial charge is 0.317 e. The van der Waals surface area contributed by atoms with Gasteiger partial charge in [0.05, 0.1) is 19.8 Å². The molecule has 1 N–H and O–H groups in total. The summed E-state index contributed by atoms with van der Waals surface area (Å²) in [5.41, 5.74) is 1.19. The van der Waals surface area contributed by atoms with E-state index >= 15 is 0 Å². The summed E-state index contributed by atoms with van der Waals surface area (Å²) in [6.07, 6.45) is 0. The Labute approximate surface area is 135 Å². The van der Waals surface area contributed by atoms with E-state index in [9.17, 15) is 4.79 Å². The molecule has 3 rings (SSSR count). The highest BCUT2D eigenvalue weighted by Crippen LogP contribution is 2.22. The molecule has 0 amide bonds. The first-order valence-corrected chi connectivity index (χ1v) is 7.98. The highest BCUT2D eigenvalue weighted by atomic mass is 35.5. The Balaban J connectivity index is 1.73. The highest BCUT2D eigenvalue weighted by molar-refractivity contribution is 6.30. The van der Waals surface area contributed by atoms with Gasteiger partial charge in [-0.15, -0.1) is 0 Å². The highest BCUT2D eigenvalue weighted by Gasteiger charge is 2.33. The zero-order valence-corrected chi connectivity index (χ0v) is 13.2. The number of aliphatic carboxylic acids is 1. The fraction of sp³-hybridized carbons (Fsp3) is 0.562. The van der Waals surface area contributed by atoms with Gasteiger partial charge in [0.1, 0.15) is 0 Å². The van der Waals surface area contributed by atoms with Crippen LogP contribution in [0.4, 0.5) is 0 Å². The normalized spacial score (nSPS) is 26.6. The molecular formula is C16H21ClN2O3. The third-order valence-electron chi connectivity index (χ3n) is 4.29. The van der Waals surface area contributed by atoms with Crippen molar-refractivity contribution in [1.82, 2.24) is 9.80 Å². The monoisotopic (exact) mass is 324 g/mol. The summed E-state index contributed by atoms with van der Waals surface area (Å²) < 4.78 is 5.76. The average molecular weight is 325 g/mol.